The number of carbonyl (C=O) groups is 2. The molecular formula is C20H25N3O3S. The number of rotatable bonds is 6. The Kier molecular flexibility index (Phi) is 6.84. The van der Waals surface area contributed by atoms with E-state index in [1.54, 1.807) is 24.3 Å². The molecule has 1 saturated heterocycles. The number of methoxy groups -OCH3 is 1. The fourth-order valence-corrected chi connectivity index (χ4v) is 4.20. The minimum atomic E-state index is -0.684. The van der Waals surface area contributed by atoms with Crippen LogP contribution in [0.25, 0.3) is 0 Å². The molecule has 0 aliphatic carbocycles. The van der Waals surface area contributed by atoms with Crippen LogP contribution in [-0.2, 0) is 9.59 Å². The van der Waals surface area contributed by atoms with Crippen LogP contribution in [-0.4, -0.2) is 50.0 Å². The first-order chi connectivity index (χ1) is 13.2. The van der Waals surface area contributed by atoms with Gasteiger partial charge in [0.05, 0.1) is 12.8 Å². The largest absolute Gasteiger partial charge is 0.495 e. The van der Waals surface area contributed by atoms with Crippen LogP contribution in [0.2, 0.25) is 0 Å². The Balaban J connectivity index is 1.37. The molecule has 2 aromatic rings. The molecule has 2 amide bonds. The van der Waals surface area contributed by atoms with Crippen LogP contribution in [0.5, 0.6) is 5.75 Å². The van der Waals surface area contributed by atoms with Gasteiger partial charge in [-0.1, -0.05) is 18.2 Å². The minimum Gasteiger partial charge on any atom is -0.495 e. The highest BCUT2D eigenvalue weighted by Crippen LogP contribution is 2.30. The molecular weight excluding hydrogens is 362 g/mol. The first-order valence-electron chi connectivity index (χ1n) is 9.15. The molecule has 0 radical (unpaired) electrons. The Morgan fingerprint density at radius 3 is 2.63 bits per heavy atom. The van der Waals surface area contributed by atoms with Gasteiger partial charge in [0.15, 0.2) is 0 Å². The summed E-state index contributed by atoms with van der Waals surface area (Å²) in [5, 5.41) is 7.41. The summed E-state index contributed by atoms with van der Waals surface area (Å²) >= 11 is 1.83. The van der Waals surface area contributed by atoms with E-state index in [9.17, 15) is 9.59 Å². The molecule has 7 heteroatoms. The molecule has 0 atom stereocenters. The van der Waals surface area contributed by atoms with Crippen molar-refractivity contribution in [3.05, 3.63) is 46.7 Å². The molecule has 2 heterocycles. The normalized spacial score (nSPS) is 15.3. The van der Waals surface area contributed by atoms with Crippen LogP contribution < -0.4 is 15.4 Å². The number of piperidine rings is 1. The number of para-hydroxylation sites is 2. The highest BCUT2D eigenvalue weighted by atomic mass is 32.1. The number of nitrogens with zero attached hydrogens (tertiary/aromatic N) is 1. The van der Waals surface area contributed by atoms with Gasteiger partial charge in [0, 0.05) is 18.0 Å². The maximum atomic E-state index is 12.0. The Labute approximate surface area is 163 Å². The van der Waals surface area contributed by atoms with Gasteiger partial charge >= 0.3 is 11.8 Å². The van der Waals surface area contributed by atoms with Crippen LogP contribution in [0.1, 0.15) is 23.6 Å². The summed E-state index contributed by atoms with van der Waals surface area (Å²) in [4.78, 5) is 27.9. The van der Waals surface area contributed by atoms with Crippen LogP contribution in [0.3, 0.4) is 0 Å². The fraction of sp³-hybridized carbons (Fsp3) is 0.400. The van der Waals surface area contributed by atoms with Crippen LogP contribution in [0.15, 0.2) is 41.8 Å². The molecule has 0 spiro atoms. The van der Waals surface area contributed by atoms with Crippen molar-refractivity contribution in [3.8, 4) is 5.75 Å². The van der Waals surface area contributed by atoms with Gasteiger partial charge in [-0.05, 0) is 55.4 Å². The van der Waals surface area contributed by atoms with Gasteiger partial charge in [-0.2, -0.15) is 0 Å². The van der Waals surface area contributed by atoms with Crippen molar-refractivity contribution in [3.63, 3.8) is 0 Å². The predicted molar refractivity (Wildman–Crippen MR) is 107 cm³/mol. The second-order valence-corrected chi connectivity index (χ2v) is 7.52. The molecule has 2 N–H and O–H groups in total. The number of anilines is 1. The van der Waals surface area contributed by atoms with Crippen molar-refractivity contribution in [2.24, 2.45) is 0 Å². The number of hydrogen-bond donors (Lipinski definition) is 2. The standard InChI is InChI=1S/C20H25N3O3S/c1-26-17-6-3-2-5-16(17)22-20(25)19(24)21-10-13-23-11-8-15(9-12-23)18-7-4-14-27-18/h2-7,14-15H,8-13H2,1H3,(H,21,24)(H,22,25). The number of ether oxygens (including phenoxy) is 1. The van der Waals surface area contributed by atoms with Gasteiger partial charge in [-0.3, -0.25) is 9.59 Å². The van der Waals surface area contributed by atoms with Crippen molar-refractivity contribution in [1.29, 1.82) is 0 Å². The van der Waals surface area contributed by atoms with Crippen molar-refractivity contribution in [2.45, 2.75) is 18.8 Å². The summed E-state index contributed by atoms with van der Waals surface area (Å²) in [5.74, 6) is -0.139. The molecule has 1 aromatic heterocycles. The quantitative estimate of drug-likeness (QED) is 0.748. The van der Waals surface area contributed by atoms with E-state index in [2.05, 4.69) is 33.0 Å². The number of amides is 2. The second-order valence-electron chi connectivity index (χ2n) is 6.54. The first-order valence-corrected chi connectivity index (χ1v) is 10.0. The smallest absolute Gasteiger partial charge is 0.313 e. The summed E-state index contributed by atoms with van der Waals surface area (Å²) in [6.07, 6.45) is 2.28. The first kappa shape index (κ1) is 19.4. The maximum Gasteiger partial charge on any atom is 0.313 e. The monoisotopic (exact) mass is 387 g/mol. The van der Waals surface area contributed by atoms with E-state index < -0.39 is 11.8 Å². The molecule has 6 nitrogen and oxygen atoms in total. The Morgan fingerprint density at radius 2 is 1.93 bits per heavy atom. The lowest BCUT2D eigenvalue weighted by atomic mass is 9.95. The topological polar surface area (TPSA) is 70.7 Å². The molecule has 144 valence electrons. The number of benzene rings is 1. The van der Waals surface area contributed by atoms with E-state index in [0.717, 1.165) is 32.5 Å². The highest BCUT2D eigenvalue weighted by molar-refractivity contribution is 7.10. The van der Waals surface area contributed by atoms with Gasteiger partial charge in [0.2, 0.25) is 0 Å². The Bertz CT molecular complexity index is 756. The van der Waals surface area contributed by atoms with Crippen molar-refractivity contribution >= 4 is 28.8 Å². The van der Waals surface area contributed by atoms with Gasteiger partial charge < -0.3 is 20.3 Å². The third-order valence-electron chi connectivity index (χ3n) is 4.81. The zero-order chi connectivity index (χ0) is 19.1. The zero-order valence-electron chi connectivity index (χ0n) is 15.4. The lowest BCUT2D eigenvalue weighted by Crippen LogP contribution is -2.42. The molecule has 1 aromatic carbocycles. The van der Waals surface area contributed by atoms with Crippen molar-refractivity contribution in [1.82, 2.24) is 10.2 Å². The summed E-state index contributed by atoms with van der Waals surface area (Å²) in [6, 6.07) is 11.3. The van der Waals surface area contributed by atoms with E-state index in [4.69, 9.17) is 4.74 Å². The lowest BCUT2D eigenvalue weighted by molar-refractivity contribution is -0.136. The maximum absolute atomic E-state index is 12.0. The number of thiophene rings is 1. The third kappa shape index (κ3) is 5.30. The Hall–Kier alpha value is -2.38. The minimum absolute atomic E-state index is 0.460. The summed E-state index contributed by atoms with van der Waals surface area (Å²) in [5.41, 5.74) is 0.482. The van der Waals surface area contributed by atoms with Crippen molar-refractivity contribution in [2.75, 3.05) is 38.6 Å². The summed E-state index contributed by atoms with van der Waals surface area (Å²) < 4.78 is 5.17. The average molecular weight is 388 g/mol. The number of hydrogen-bond acceptors (Lipinski definition) is 5. The average Bonchev–Trinajstić information content (AvgIpc) is 3.23. The molecule has 3 rings (SSSR count). The van der Waals surface area contributed by atoms with E-state index in [1.165, 1.54) is 12.0 Å². The molecule has 1 aliphatic rings. The molecule has 27 heavy (non-hydrogen) atoms. The van der Waals surface area contributed by atoms with Crippen molar-refractivity contribution < 1.29 is 14.3 Å². The molecule has 0 unspecified atom stereocenters. The van der Waals surface area contributed by atoms with E-state index in [-0.39, 0.29) is 0 Å². The van der Waals surface area contributed by atoms with Gasteiger partial charge in [-0.25, -0.2) is 0 Å². The highest BCUT2D eigenvalue weighted by Gasteiger charge is 2.21. The van der Waals surface area contributed by atoms with Crippen LogP contribution >= 0.6 is 11.3 Å². The lowest BCUT2D eigenvalue weighted by Gasteiger charge is -2.31. The predicted octanol–water partition coefficient (Wildman–Crippen LogP) is 2.69. The molecule has 0 bridgehead atoms. The molecule has 1 aliphatic heterocycles. The molecule has 0 saturated carbocycles. The van der Waals surface area contributed by atoms with Gasteiger partial charge in [-0.15, -0.1) is 11.3 Å². The fourth-order valence-electron chi connectivity index (χ4n) is 3.30. The Morgan fingerprint density at radius 1 is 1.15 bits per heavy atom. The zero-order valence-corrected chi connectivity index (χ0v) is 16.3. The summed E-state index contributed by atoms with van der Waals surface area (Å²) in [6.45, 7) is 3.25. The van der Waals surface area contributed by atoms with Crippen LogP contribution in [0.4, 0.5) is 5.69 Å². The SMILES string of the molecule is COc1ccccc1NC(=O)C(=O)NCCN1CCC(c2cccs2)CC1. The van der Waals surface area contributed by atoms with Crippen LogP contribution in [0, 0.1) is 0 Å². The van der Waals surface area contributed by atoms with E-state index in [0.29, 0.717) is 23.9 Å². The molecule has 1 fully saturated rings. The van der Waals surface area contributed by atoms with Gasteiger partial charge in [0.25, 0.3) is 0 Å². The summed E-state index contributed by atoms with van der Waals surface area (Å²) in [7, 11) is 1.52. The second kappa shape index (κ2) is 9.53. The van der Waals surface area contributed by atoms with E-state index >= 15 is 0 Å². The number of carbonyl (C=O) groups excluding carboxylic acids is 2. The third-order valence-corrected chi connectivity index (χ3v) is 5.84. The number of likely N-dealkylation sites (tertiary alicyclic amines) is 1. The van der Waals surface area contributed by atoms with E-state index in [1.807, 2.05) is 11.3 Å². The number of nitrogens with one attached hydrogen (secondary N) is 2. The van der Waals surface area contributed by atoms with Gasteiger partial charge in [0.1, 0.15) is 5.75 Å².